The maximum absolute atomic E-state index is 5.24. The molecule has 0 radical (unpaired) electrons. The Morgan fingerprint density at radius 2 is 1.33 bits per heavy atom. The summed E-state index contributed by atoms with van der Waals surface area (Å²) in [5.74, 6) is 0.543. The zero-order chi connectivity index (χ0) is 8.91. The molecule has 0 saturated carbocycles. The second-order valence-corrected chi connectivity index (χ2v) is 5.89. The van der Waals surface area contributed by atoms with Crippen molar-refractivity contribution in [1.29, 1.82) is 0 Å². The summed E-state index contributed by atoms with van der Waals surface area (Å²) in [6.07, 6.45) is 0. The van der Waals surface area contributed by atoms with Crippen molar-refractivity contribution < 1.29 is 25.7 Å². The van der Waals surface area contributed by atoms with Crippen LogP contribution in [0.2, 0.25) is 6.04 Å². The molecule has 0 aromatic rings. The fraction of sp³-hybridized carbons (Fsp3) is 1.00. The van der Waals surface area contributed by atoms with Crippen LogP contribution in [0.25, 0.3) is 0 Å². The standard InChI is InChI=1S/C7H18O3Si.ClH/c1-7(2)6-11(8-3,9-4)10-5;/h7H,6H2,1-5H3;1H/p-1. The molecular weight excluding hydrogens is 196 g/mol. The Kier molecular flexibility index (Phi) is 8.50. The van der Waals surface area contributed by atoms with Crippen LogP contribution in [0, 0.1) is 5.92 Å². The van der Waals surface area contributed by atoms with Gasteiger partial charge in [-0.25, -0.2) is 0 Å². The molecule has 0 aliphatic rings. The summed E-state index contributed by atoms with van der Waals surface area (Å²) in [6.45, 7) is 4.25. The summed E-state index contributed by atoms with van der Waals surface area (Å²) in [4.78, 5) is 0. The molecule has 0 spiro atoms. The van der Waals surface area contributed by atoms with E-state index in [1.54, 1.807) is 21.3 Å². The lowest BCUT2D eigenvalue weighted by atomic mass is 10.3. The molecule has 0 fully saturated rings. The molecule has 5 heteroatoms. The van der Waals surface area contributed by atoms with Crippen LogP contribution in [0.15, 0.2) is 0 Å². The van der Waals surface area contributed by atoms with E-state index in [1.165, 1.54) is 0 Å². The SMILES string of the molecule is CO[Si](CC(C)C)(OC)OC.[Cl-]. The van der Waals surface area contributed by atoms with E-state index in [-0.39, 0.29) is 12.4 Å². The van der Waals surface area contributed by atoms with Crippen LogP contribution in [0.1, 0.15) is 13.8 Å². The van der Waals surface area contributed by atoms with Crippen molar-refractivity contribution in [2.24, 2.45) is 5.92 Å². The predicted octanol–water partition coefficient (Wildman–Crippen LogP) is -1.48. The molecule has 0 N–H and O–H groups in total. The third-order valence-electron chi connectivity index (χ3n) is 1.59. The highest BCUT2D eigenvalue weighted by molar-refractivity contribution is 6.60. The average molecular weight is 214 g/mol. The Morgan fingerprint density at radius 3 is 1.42 bits per heavy atom. The maximum Gasteiger partial charge on any atom is 0.500 e. The third kappa shape index (κ3) is 4.42. The van der Waals surface area contributed by atoms with Gasteiger partial charge < -0.3 is 25.7 Å². The van der Waals surface area contributed by atoms with Gasteiger partial charge in [0.05, 0.1) is 0 Å². The molecule has 0 bridgehead atoms. The highest BCUT2D eigenvalue weighted by Gasteiger charge is 2.38. The van der Waals surface area contributed by atoms with Crippen molar-refractivity contribution >= 4 is 8.80 Å². The van der Waals surface area contributed by atoms with Crippen LogP contribution in [0.4, 0.5) is 0 Å². The van der Waals surface area contributed by atoms with Crippen molar-refractivity contribution in [2.45, 2.75) is 19.9 Å². The van der Waals surface area contributed by atoms with Gasteiger partial charge in [-0.3, -0.25) is 0 Å². The second-order valence-electron chi connectivity index (χ2n) is 2.89. The topological polar surface area (TPSA) is 27.7 Å². The van der Waals surface area contributed by atoms with Crippen LogP contribution in [-0.2, 0) is 13.3 Å². The van der Waals surface area contributed by atoms with E-state index < -0.39 is 8.80 Å². The molecule has 0 heterocycles. The molecule has 0 rings (SSSR count). The summed E-state index contributed by atoms with van der Waals surface area (Å²) in [6, 6.07) is 0.872. The molecular formula is C7H18ClO3Si-. The summed E-state index contributed by atoms with van der Waals surface area (Å²) in [5.41, 5.74) is 0. The molecule has 0 amide bonds. The van der Waals surface area contributed by atoms with Gasteiger partial charge in [0.1, 0.15) is 0 Å². The smallest absolute Gasteiger partial charge is 0.500 e. The Hall–Kier alpha value is 0.387. The van der Waals surface area contributed by atoms with Crippen LogP contribution in [-0.4, -0.2) is 30.1 Å². The van der Waals surface area contributed by atoms with Gasteiger partial charge in [0.15, 0.2) is 0 Å². The van der Waals surface area contributed by atoms with E-state index in [2.05, 4.69) is 13.8 Å². The first-order chi connectivity index (χ1) is 5.10. The summed E-state index contributed by atoms with van der Waals surface area (Å²) in [5, 5.41) is 0. The maximum atomic E-state index is 5.24. The van der Waals surface area contributed by atoms with E-state index in [0.29, 0.717) is 5.92 Å². The number of halogens is 1. The van der Waals surface area contributed by atoms with Crippen molar-refractivity contribution in [3.8, 4) is 0 Å². The van der Waals surface area contributed by atoms with Crippen LogP contribution >= 0.6 is 0 Å². The largest absolute Gasteiger partial charge is 1.00 e. The number of rotatable bonds is 5. The fourth-order valence-electron chi connectivity index (χ4n) is 1.00. The predicted molar refractivity (Wildman–Crippen MR) is 46.4 cm³/mol. The van der Waals surface area contributed by atoms with Crippen LogP contribution in [0.3, 0.4) is 0 Å². The summed E-state index contributed by atoms with van der Waals surface area (Å²) in [7, 11) is 2.64. The zero-order valence-electron chi connectivity index (χ0n) is 8.39. The quantitative estimate of drug-likeness (QED) is 0.522. The normalized spacial score (nSPS) is 11.5. The van der Waals surface area contributed by atoms with Crippen molar-refractivity contribution in [3.63, 3.8) is 0 Å². The highest BCUT2D eigenvalue weighted by Crippen LogP contribution is 2.18. The summed E-state index contributed by atoms with van der Waals surface area (Å²) < 4.78 is 15.7. The first-order valence-corrected chi connectivity index (χ1v) is 5.69. The van der Waals surface area contributed by atoms with Crippen molar-refractivity contribution in [1.82, 2.24) is 0 Å². The minimum Gasteiger partial charge on any atom is -1.00 e. The highest BCUT2D eigenvalue weighted by atomic mass is 35.5. The minimum atomic E-state index is -2.28. The van der Waals surface area contributed by atoms with E-state index in [0.717, 1.165) is 6.04 Å². The Balaban J connectivity index is 0. The molecule has 3 nitrogen and oxygen atoms in total. The Bertz CT molecular complexity index is 98.6. The molecule has 12 heavy (non-hydrogen) atoms. The van der Waals surface area contributed by atoms with Crippen molar-refractivity contribution in [2.75, 3.05) is 21.3 Å². The molecule has 0 aromatic heterocycles. The van der Waals surface area contributed by atoms with Gasteiger partial charge in [-0.2, -0.15) is 0 Å². The van der Waals surface area contributed by atoms with Gasteiger partial charge >= 0.3 is 8.80 Å². The Morgan fingerprint density at radius 1 is 1.00 bits per heavy atom. The summed E-state index contributed by atoms with van der Waals surface area (Å²) >= 11 is 0. The van der Waals surface area contributed by atoms with E-state index in [4.69, 9.17) is 13.3 Å². The number of hydrogen-bond donors (Lipinski definition) is 0. The third-order valence-corrected chi connectivity index (χ3v) is 4.77. The molecule has 0 saturated heterocycles. The molecule has 0 atom stereocenters. The van der Waals surface area contributed by atoms with Crippen LogP contribution < -0.4 is 12.4 Å². The molecule has 0 aliphatic carbocycles. The lowest BCUT2D eigenvalue weighted by Gasteiger charge is -2.25. The first-order valence-electron chi connectivity index (χ1n) is 3.75. The molecule has 0 aliphatic heterocycles. The molecule has 0 unspecified atom stereocenters. The van der Waals surface area contributed by atoms with Gasteiger partial charge in [-0.05, 0) is 5.92 Å². The Labute approximate surface area is 82.2 Å². The second kappa shape index (κ2) is 6.86. The fourth-order valence-corrected chi connectivity index (χ4v) is 3.00. The average Bonchev–Trinajstić information content (AvgIpc) is 2.00. The van der Waals surface area contributed by atoms with Gasteiger partial charge in [-0.15, -0.1) is 0 Å². The van der Waals surface area contributed by atoms with Crippen molar-refractivity contribution in [3.05, 3.63) is 0 Å². The van der Waals surface area contributed by atoms with E-state index in [9.17, 15) is 0 Å². The molecule has 76 valence electrons. The lowest BCUT2D eigenvalue weighted by Crippen LogP contribution is -3.00. The monoisotopic (exact) mass is 213 g/mol. The van der Waals surface area contributed by atoms with Gasteiger partial charge in [0.25, 0.3) is 0 Å². The lowest BCUT2D eigenvalue weighted by molar-refractivity contribution is -0.00000772. The molecule has 0 aromatic carbocycles. The number of hydrogen-bond acceptors (Lipinski definition) is 3. The minimum absolute atomic E-state index is 0. The zero-order valence-corrected chi connectivity index (χ0v) is 10.1. The van der Waals surface area contributed by atoms with Gasteiger partial charge in [0.2, 0.25) is 0 Å². The van der Waals surface area contributed by atoms with Crippen LogP contribution in [0.5, 0.6) is 0 Å². The first kappa shape index (κ1) is 14.9. The van der Waals surface area contributed by atoms with E-state index >= 15 is 0 Å². The van der Waals surface area contributed by atoms with Gasteiger partial charge in [-0.1, -0.05) is 13.8 Å². The van der Waals surface area contributed by atoms with E-state index in [1.807, 2.05) is 0 Å². The van der Waals surface area contributed by atoms with Gasteiger partial charge in [0, 0.05) is 27.4 Å².